The van der Waals surface area contributed by atoms with Gasteiger partial charge in [0, 0.05) is 37.8 Å². The van der Waals surface area contributed by atoms with Crippen LogP contribution in [-0.4, -0.2) is 87.9 Å². The molecule has 4 unspecified atom stereocenters. The van der Waals surface area contributed by atoms with E-state index < -0.39 is 47.9 Å². The van der Waals surface area contributed by atoms with E-state index in [1.807, 2.05) is 6.07 Å². The van der Waals surface area contributed by atoms with Crippen LogP contribution in [0.2, 0.25) is 0 Å². The number of aliphatic carboxylic acids is 1. The highest BCUT2D eigenvalue weighted by Crippen LogP contribution is 2.08. The Bertz CT molecular complexity index is 1260. The van der Waals surface area contributed by atoms with Crippen molar-refractivity contribution in [2.45, 2.75) is 62.7 Å². The highest BCUT2D eigenvalue weighted by Gasteiger charge is 2.30. The molecule has 0 bridgehead atoms. The lowest BCUT2D eigenvalue weighted by molar-refractivity contribution is -0.142. The highest BCUT2D eigenvalue weighted by atomic mass is 16.4. The van der Waals surface area contributed by atoms with Crippen LogP contribution in [0.5, 0.6) is 0 Å². The van der Waals surface area contributed by atoms with E-state index >= 15 is 0 Å². The molecule has 3 amide bonds. The molecule has 1 aromatic carbocycles. The SMILES string of the molecule is NC(N)=NCCCC(NC(=O)C(CCCN=C(N)N)NC(=O)C(Cc1ccccc1)NC(=O)C(N)Cc1cnc[nH]1)C(=O)O. The molecule has 0 radical (unpaired) electrons. The number of aromatic nitrogens is 2. The van der Waals surface area contributed by atoms with Crippen LogP contribution in [0.15, 0.2) is 52.8 Å². The molecule has 44 heavy (non-hydrogen) atoms. The van der Waals surface area contributed by atoms with Crippen molar-refractivity contribution in [1.29, 1.82) is 0 Å². The third-order valence-electron chi connectivity index (χ3n) is 6.39. The Morgan fingerprint density at radius 1 is 0.795 bits per heavy atom. The van der Waals surface area contributed by atoms with E-state index in [1.54, 1.807) is 24.3 Å². The lowest BCUT2D eigenvalue weighted by atomic mass is 10.0. The fraction of sp³-hybridized carbons (Fsp3) is 0.444. The molecule has 2 aromatic rings. The molecular weight excluding hydrogens is 572 g/mol. The number of benzene rings is 1. The second-order valence-corrected chi connectivity index (χ2v) is 10.00. The van der Waals surface area contributed by atoms with Crippen molar-refractivity contribution in [3.8, 4) is 0 Å². The van der Waals surface area contributed by atoms with Crippen LogP contribution in [-0.2, 0) is 32.0 Å². The number of hydrogen-bond donors (Lipinski definition) is 10. The number of aliphatic imine (C=N–C) groups is 2. The molecule has 17 heteroatoms. The molecule has 1 heterocycles. The standard InChI is InChI=1S/C27H42N12O5/c28-18(13-17-14-33-15-36-17)22(40)39-21(12-16-6-2-1-3-7-16)24(42)37-19(8-4-10-34-26(29)30)23(41)38-20(25(43)44)9-5-11-35-27(31)32/h1-3,6-7,14-15,18-21H,4-5,8-13,28H2,(H,33,36)(H,37,42)(H,38,41)(H,39,40)(H,43,44)(H4,29,30,34)(H4,31,32,35). The van der Waals surface area contributed by atoms with Crippen LogP contribution in [0.1, 0.15) is 36.9 Å². The topological polar surface area (TPSA) is 308 Å². The largest absolute Gasteiger partial charge is 0.480 e. The molecule has 1 aromatic heterocycles. The zero-order valence-corrected chi connectivity index (χ0v) is 24.3. The van der Waals surface area contributed by atoms with E-state index in [9.17, 15) is 24.3 Å². The van der Waals surface area contributed by atoms with Crippen LogP contribution >= 0.6 is 0 Å². The van der Waals surface area contributed by atoms with Gasteiger partial charge in [0.1, 0.15) is 18.1 Å². The molecule has 15 N–H and O–H groups in total. The molecule has 2 rings (SSSR count). The highest BCUT2D eigenvalue weighted by molar-refractivity contribution is 5.94. The lowest BCUT2D eigenvalue weighted by Gasteiger charge is -2.25. The normalized spacial score (nSPS) is 13.4. The van der Waals surface area contributed by atoms with Crippen LogP contribution in [0.25, 0.3) is 0 Å². The maximum absolute atomic E-state index is 13.6. The monoisotopic (exact) mass is 614 g/mol. The van der Waals surface area contributed by atoms with Crippen molar-refractivity contribution in [2.75, 3.05) is 13.1 Å². The number of hydrogen-bond acceptors (Lipinski definition) is 8. The van der Waals surface area contributed by atoms with Crippen molar-refractivity contribution < 1.29 is 24.3 Å². The number of amides is 3. The van der Waals surface area contributed by atoms with Crippen molar-refractivity contribution in [1.82, 2.24) is 25.9 Å². The third-order valence-corrected chi connectivity index (χ3v) is 6.39. The number of aromatic amines is 1. The van der Waals surface area contributed by atoms with Gasteiger partial charge in [-0.2, -0.15) is 0 Å². The second-order valence-electron chi connectivity index (χ2n) is 10.00. The summed E-state index contributed by atoms with van der Waals surface area (Å²) in [7, 11) is 0. The molecule has 0 aliphatic rings. The first kappa shape index (κ1) is 35.0. The lowest BCUT2D eigenvalue weighted by Crippen LogP contribution is -2.57. The predicted octanol–water partition coefficient (Wildman–Crippen LogP) is -2.83. The Morgan fingerprint density at radius 2 is 1.34 bits per heavy atom. The van der Waals surface area contributed by atoms with Gasteiger partial charge in [-0.05, 0) is 31.2 Å². The molecule has 0 saturated heterocycles. The minimum Gasteiger partial charge on any atom is -0.480 e. The molecule has 0 spiro atoms. The van der Waals surface area contributed by atoms with Gasteiger partial charge in [-0.15, -0.1) is 0 Å². The van der Waals surface area contributed by atoms with Gasteiger partial charge < -0.3 is 54.7 Å². The number of carboxylic acids is 1. The van der Waals surface area contributed by atoms with Gasteiger partial charge in [0.15, 0.2) is 11.9 Å². The van der Waals surface area contributed by atoms with E-state index in [0.29, 0.717) is 5.69 Å². The fourth-order valence-corrected chi connectivity index (χ4v) is 4.14. The fourth-order valence-electron chi connectivity index (χ4n) is 4.14. The van der Waals surface area contributed by atoms with Crippen molar-refractivity contribution in [2.24, 2.45) is 38.7 Å². The average molecular weight is 615 g/mol. The molecule has 0 fully saturated rings. The number of carboxylic acid groups (broad SMARTS) is 1. The van der Waals surface area contributed by atoms with Gasteiger partial charge in [0.2, 0.25) is 17.7 Å². The maximum Gasteiger partial charge on any atom is 0.326 e. The minimum absolute atomic E-state index is 0.0351. The summed E-state index contributed by atoms with van der Waals surface area (Å²) in [5.74, 6) is -3.54. The number of guanidine groups is 2. The molecule has 0 saturated carbocycles. The summed E-state index contributed by atoms with van der Waals surface area (Å²) in [6, 6.07) is 4.41. The quantitative estimate of drug-likeness (QED) is 0.0436. The Labute approximate surface area is 254 Å². The van der Waals surface area contributed by atoms with Crippen LogP contribution in [0, 0.1) is 0 Å². The van der Waals surface area contributed by atoms with Crippen LogP contribution in [0.3, 0.4) is 0 Å². The average Bonchev–Trinajstić information content (AvgIpc) is 3.48. The number of nitrogens with one attached hydrogen (secondary N) is 4. The van der Waals surface area contributed by atoms with Gasteiger partial charge in [-0.25, -0.2) is 9.78 Å². The Morgan fingerprint density at radius 3 is 1.89 bits per heavy atom. The number of rotatable bonds is 19. The Balaban J connectivity index is 2.21. The number of nitrogens with two attached hydrogens (primary N) is 5. The number of carbonyl (C=O) groups is 4. The summed E-state index contributed by atoms with van der Waals surface area (Å²) < 4.78 is 0. The first-order chi connectivity index (χ1) is 21.0. The zero-order chi connectivity index (χ0) is 32.5. The molecule has 0 aliphatic heterocycles. The first-order valence-electron chi connectivity index (χ1n) is 14.0. The number of H-pyrrole nitrogens is 1. The van der Waals surface area contributed by atoms with Crippen molar-refractivity contribution >= 4 is 35.6 Å². The van der Waals surface area contributed by atoms with Gasteiger partial charge >= 0.3 is 5.97 Å². The third kappa shape index (κ3) is 13.2. The number of imidazole rings is 1. The van der Waals surface area contributed by atoms with E-state index in [-0.39, 0.29) is 63.5 Å². The van der Waals surface area contributed by atoms with Gasteiger partial charge in [-0.1, -0.05) is 30.3 Å². The molecule has 4 atom stereocenters. The minimum atomic E-state index is -1.27. The summed E-state index contributed by atoms with van der Waals surface area (Å²) >= 11 is 0. The van der Waals surface area contributed by atoms with E-state index in [4.69, 9.17) is 28.7 Å². The van der Waals surface area contributed by atoms with Gasteiger partial charge in [0.25, 0.3) is 0 Å². The number of carbonyl (C=O) groups excluding carboxylic acids is 3. The predicted molar refractivity (Wildman–Crippen MR) is 164 cm³/mol. The van der Waals surface area contributed by atoms with E-state index in [0.717, 1.165) is 5.56 Å². The molecular formula is C27H42N12O5. The smallest absolute Gasteiger partial charge is 0.326 e. The Hall–Kier alpha value is -5.19. The maximum atomic E-state index is 13.6. The molecule has 0 aliphatic carbocycles. The molecule has 17 nitrogen and oxygen atoms in total. The first-order valence-corrected chi connectivity index (χ1v) is 14.0. The van der Waals surface area contributed by atoms with Crippen molar-refractivity contribution in [3.63, 3.8) is 0 Å². The Kier molecular flexibility index (Phi) is 14.6. The summed E-state index contributed by atoms with van der Waals surface area (Å²) in [6.07, 6.45) is 3.92. The second kappa shape index (κ2) is 18.4. The van der Waals surface area contributed by atoms with Gasteiger partial charge in [-0.3, -0.25) is 24.4 Å². The van der Waals surface area contributed by atoms with Crippen LogP contribution in [0.4, 0.5) is 0 Å². The summed E-state index contributed by atoms with van der Waals surface area (Å²) in [5.41, 5.74) is 28.8. The van der Waals surface area contributed by atoms with Gasteiger partial charge in [0.05, 0.1) is 12.4 Å². The van der Waals surface area contributed by atoms with E-state index in [2.05, 4.69) is 35.9 Å². The summed E-state index contributed by atoms with van der Waals surface area (Å²) in [5, 5.41) is 17.5. The van der Waals surface area contributed by atoms with Crippen LogP contribution < -0.4 is 44.6 Å². The molecule has 240 valence electrons. The van der Waals surface area contributed by atoms with E-state index in [1.165, 1.54) is 12.5 Å². The van der Waals surface area contributed by atoms with Crippen molar-refractivity contribution in [3.05, 3.63) is 54.1 Å². The summed E-state index contributed by atoms with van der Waals surface area (Å²) in [6.45, 7) is 0.333. The number of nitrogens with zero attached hydrogens (tertiary/aromatic N) is 3. The summed E-state index contributed by atoms with van der Waals surface area (Å²) in [4.78, 5) is 66.2. The zero-order valence-electron chi connectivity index (χ0n) is 24.3.